The van der Waals surface area contributed by atoms with E-state index in [1.165, 1.54) is 6.20 Å². The number of hydrogen-bond acceptors (Lipinski definition) is 5. The summed E-state index contributed by atoms with van der Waals surface area (Å²) in [6.07, 6.45) is 2.37. The number of para-hydroxylation sites is 1. The van der Waals surface area contributed by atoms with Crippen LogP contribution in [0.1, 0.15) is 10.4 Å². The number of aromatic nitrogens is 4. The van der Waals surface area contributed by atoms with Gasteiger partial charge in [-0.3, -0.25) is 15.4 Å². The van der Waals surface area contributed by atoms with Gasteiger partial charge >= 0.3 is 6.09 Å². The van der Waals surface area contributed by atoms with Gasteiger partial charge in [0.25, 0.3) is 5.91 Å². The lowest BCUT2D eigenvalue weighted by atomic mass is 10.1. The minimum atomic E-state index is -0.716. The Morgan fingerprint density at radius 3 is 2.61 bits per heavy atom. The highest BCUT2D eigenvalue weighted by molar-refractivity contribution is 6.06. The molecule has 0 unspecified atom stereocenters. The third-order valence-corrected chi connectivity index (χ3v) is 4.64. The summed E-state index contributed by atoms with van der Waals surface area (Å²) in [5, 5.41) is 7.25. The molecule has 152 valence electrons. The molecule has 0 bridgehead atoms. The molecule has 0 atom stereocenters. The zero-order valence-electron chi connectivity index (χ0n) is 16.0. The molecule has 2 heterocycles. The first kappa shape index (κ1) is 18.4. The first-order valence-electron chi connectivity index (χ1n) is 9.43. The third kappa shape index (κ3) is 3.79. The molecule has 0 saturated heterocycles. The van der Waals surface area contributed by atoms with E-state index in [-0.39, 0.29) is 23.6 Å². The lowest BCUT2D eigenvalue weighted by Crippen LogP contribution is -2.17. The number of rotatable bonds is 4. The molecule has 31 heavy (non-hydrogen) atoms. The van der Waals surface area contributed by atoms with Gasteiger partial charge < -0.3 is 14.7 Å². The van der Waals surface area contributed by atoms with Crippen molar-refractivity contribution in [1.82, 2.24) is 19.9 Å². The van der Waals surface area contributed by atoms with Gasteiger partial charge in [0.15, 0.2) is 5.75 Å². The fourth-order valence-corrected chi connectivity index (χ4v) is 3.21. The minimum absolute atomic E-state index is 0.240. The van der Waals surface area contributed by atoms with E-state index in [2.05, 4.69) is 30.6 Å². The minimum Gasteiger partial charge on any atom is -0.408 e. The first-order chi connectivity index (χ1) is 15.2. The van der Waals surface area contributed by atoms with E-state index in [0.717, 1.165) is 10.8 Å². The number of ether oxygens (including phenoxy) is 1. The van der Waals surface area contributed by atoms with Crippen LogP contribution in [0.4, 0.5) is 16.7 Å². The Bertz CT molecular complexity index is 1410. The number of fused-ring (bicyclic) bond motifs is 2. The zero-order chi connectivity index (χ0) is 21.2. The zero-order valence-corrected chi connectivity index (χ0v) is 16.0. The normalized spacial score (nSPS) is 10.8. The maximum absolute atomic E-state index is 12.7. The molecule has 3 aromatic carbocycles. The average molecular weight is 412 g/mol. The van der Waals surface area contributed by atoms with Crippen LogP contribution in [0.15, 0.2) is 73.1 Å². The molecule has 0 fully saturated rings. The number of anilines is 2. The summed E-state index contributed by atoms with van der Waals surface area (Å²) in [5.74, 6) is 0.449. The summed E-state index contributed by atoms with van der Waals surface area (Å²) in [6, 6.07) is 18.4. The Kier molecular flexibility index (Phi) is 4.53. The predicted octanol–water partition coefficient (Wildman–Crippen LogP) is 4.30. The average Bonchev–Trinajstić information content (AvgIpc) is 3.43. The number of hydrogen-bond donors (Lipinski definition) is 4. The van der Waals surface area contributed by atoms with Crippen LogP contribution < -0.4 is 15.4 Å². The van der Waals surface area contributed by atoms with Gasteiger partial charge in [0.2, 0.25) is 11.9 Å². The quantitative estimate of drug-likeness (QED) is 0.350. The van der Waals surface area contributed by atoms with E-state index in [1.54, 1.807) is 30.5 Å². The van der Waals surface area contributed by atoms with Gasteiger partial charge in [-0.15, -0.1) is 0 Å². The molecule has 9 nitrogen and oxygen atoms in total. The van der Waals surface area contributed by atoms with Gasteiger partial charge in [-0.25, -0.2) is 14.8 Å². The van der Waals surface area contributed by atoms with Gasteiger partial charge in [0.1, 0.15) is 5.52 Å². The van der Waals surface area contributed by atoms with Crippen molar-refractivity contribution in [2.45, 2.75) is 0 Å². The van der Waals surface area contributed by atoms with E-state index in [0.29, 0.717) is 16.6 Å². The number of carbonyl (C=O) groups excluding carboxylic acids is 2. The Morgan fingerprint density at radius 1 is 0.903 bits per heavy atom. The van der Waals surface area contributed by atoms with E-state index >= 15 is 0 Å². The van der Waals surface area contributed by atoms with Crippen LogP contribution in [0.3, 0.4) is 0 Å². The molecular formula is C22H16N6O3. The number of benzene rings is 3. The number of imidazole rings is 2. The van der Waals surface area contributed by atoms with Crippen molar-refractivity contribution >= 4 is 45.7 Å². The van der Waals surface area contributed by atoms with Crippen LogP contribution in [0, 0.1) is 0 Å². The van der Waals surface area contributed by atoms with Crippen LogP contribution >= 0.6 is 0 Å². The summed E-state index contributed by atoms with van der Waals surface area (Å²) >= 11 is 0. The SMILES string of the molecule is O=C(Nc1ncc[nH]1)Oc1cccc2[nH]c(NC(=O)c3ccc4ccccc4c3)nc12. The van der Waals surface area contributed by atoms with E-state index < -0.39 is 6.09 Å². The first-order valence-corrected chi connectivity index (χ1v) is 9.43. The molecule has 2 amide bonds. The largest absolute Gasteiger partial charge is 0.419 e. The number of H-pyrrole nitrogens is 2. The van der Waals surface area contributed by atoms with E-state index in [4.69, 9.17) is 4.74 Å². The van der Waals surface area contributed by atoms with E-state index in [9.17, 15) is 9.59 Å². The van der Waals surface area contributed by atoms with Gasteiger partial charge in [0, 0.05) is 18.0 Å². The highest BCUT2D eigenvalue weighted by Gasteiger charge is 2.15. The fourth-order valence-electron chi connectivity index (χ4n) is 3.21. The maximum Gasteiger partial charge on any atom is 0.419 e. The second-order valence-electron chi connectivity index (χ2n) is 6.71. The van der Waals surface area contributed by atoms with Gasteiger partial charge in [0.05, 0.1) is 5.52 Å². The van der Waals surface area contributed by atoms with Crippen molar-refractivity contribution in [2.75, 3.05) is 10.6 Å². The summed E-state index contributed by atoms with van der Waals surface area (Å²) in [6.45, 7) is 0. The molecule has 0 saturated carbocycles. The second-order valence-corrected chi connectivity index (χ2v) is 6.71. The predicted molar refractivity (Wildman–Crippen MR) is 116 cm³/mol. The van der Waals surface area contributed by atoms with Gasteiger partial charge in [-0.05, 0) is 35.0 Å². The number of amides is 2. The van der Waals surface area contributed by atoms with Crippen molar-refractivity contribution in [1.29, 1.82) is 0 Å². The molecule has 9 heteroatoms. The lowest BCUT2D eigenvalue weighted by molar-refractivity contribution is 0.102. The standard InChI is InChI=1S/C22H16N6O3/c29-19(15-9-8-13-4-1-2-5-14(13)12-15)27-21-25-16-6-3-7-17(18(16)26-21)31-22(30)28-20-23-10-11-24-20/h1-12H,(H2,23,24,28,30)(H2,25,26,27,29). The Morgan fingerprint density at radius 2 is 1.77 bits per heavy atom. The second kappa shape index (κ2) is 7.64. The number of carbonyl (C=O) groups is 2. The summed E-state index contributed by atoms with van der Waals surface area (Å²) < 4.78 is 5.35. The van der Waals surface area contributed by atoms with Crippen molar-refractivity contribution in [2.24, 2.45) is 0 Å². The van der Waals surface area contributed by atoms with Crippen molar-refractivity contribution in [3.05, 3.63) is 78.6 Å². The van der Waals surface area contributed by atoms with Crippen LogP contribution in [0.5, 0.6) is 5.75 Å². The highest BCUT2D eigenvalue weighted by atomic mass is 16.6. The van der Waals surface area contributed by atoms with E-state index in [1.807, 2.05) is 36.4 Å². The van der Waals surface area contributed by atoms with Gasteiger partial charge in [-0.1, -0.05) is 36.4 Å². The number of nitrogens with zero attached hydrogens (tertiary/aromatic N) is 2. The molecule has 4 N–H and O–H groups in total. The summed E-state index contributed by atoms with van der Waals surface area (Å²) in [4.78, 5) is 38.9. The van der Waals surface area contributed by atoms with Gasteiger partial charge in [-0.2, -0.15) is 0 Å². The highest BCUT2D eigenvalue weighted by Crippen LogP contribution is 2.26. The topological polar surface area (TPSA) is 125 Å². The molecule has 5 rings (SSSR count). The summed E-state index contributed by atoms with van der Waals surface area (Å²) in [5.41, 5.74) is 1.52. The Balaban J connectivity index is 1.36. The molecule has 0 spiro atoms. The molecule has 0 aliphatic carbocycles. The molecule has 0 aliphatic heterocycles. The maximum atomic E-state index is 12.7. The fraction of sp³-hybridized carbons (Fsp3) is 0. The molecule has 0 aliphatic rings. The van der Waals surface area contributed by atoms with Crippen LogP contribution in [0.25, 0.3) is 21.8 Å². The smallest absolute Gasteiger partial charge is 0.408 e. The Labute approximate surface area is 175 Å². The monoisotopic (exact) mass is 412 g/mol. The third-order valence-electron chi connectivity index (χ3n) is 4.64. The molecule has 2 aromatic heterocycles. The van der Waals surface area contributed by atoms with Crippen molar-refractivity contribution < 1.29 is 14.3 Å². The van der Waals surface area contributed by atoms with Crippen molar-refractivity contribution in [3.8, 4) is 5.75 Å². The molecule has 0 radical (unpaired) electrons. The molecular weight excluding hydrogens is 396 g/mol. The lowest BCUT2D eigenvalue weighted by Gasteiger charge is -2.04. The summed E-state index contributed by atoms with van der Waals surface area (Å²) in [7, 11) is 0. The van der Waals surface area contributed by atoms with Crippen LogP contribution in [-0.4, -0.2) is 31.9 Å². The van der Waals surface area contributed by atoms with Crippen LogP contribution in [-0.2, 0) is 0 Å². The van der Waals surface area contributed by atoms with Crippen LogP contribution in [0.2, 0.25) is 0 Å². The molecule has 5 aromatic rings. The number of aromatic amines is 2. The van der Waals surface area contributed by atoms with Crippen molar-refractivity contribution in [3.63, 3.8) is 0 Å². The Hall–Kier alpha value is -4.66. The number of nitrogens with one attached hydrogen (secondary N) is 4.